The first-order valence-electron chi connectivity index (χ1n) is 17.3. The second kappa shape index (κ2) is 14.2. The fourth-order valence-corrected chi connectivity index (χ4v) is 7.84. The number of cyclic esters (lactones) is 1. The second-order valence-electron chi connectivity index (χ2n) is 13.3. The molecule has 4 aliphatic rings. The first-order valence-corrected chi connectivity index (χ1v) is 17.3. The van der Waals surface area contributed by atoms with Gasteiger partial charge in [-0.2, -0.15) is 0 Å². The zero-order chi connectivity index (χ0) is 34.9. The molecule has 2 fully saturated rings. The van der Waals surface area contributed by atoms with Crippen molar-refractivity contribution in [2.24, 2.45) is 11.8 Å². The molecule has 0 unspecified atom stereocenters. The molecular weight excluding hydrogens is 624 g/mol. The second-order valence-corrected chi connectivity index (χ2v) is 13.3. The van der Waals surface area contributed by atoms with Gasteiger partial charge in [-0.25, -0.2) is 0 Å². The molecule has 2 N–H and O–H groups in total. The number of nitrogens with zero attached hydrogens (tertiary/aromatic N) is 3. The lowest BCUT2D eigenvalue weighted by atomic mass is 9.74. The standard InChI is InChI=1S/C38H46N4O7/c1-5-40(6-2)27-16-18-28(19-17-27)41-22-12-8-11-15-30(44)39-25(4)33(26-13-9-7-10-14-26)48-37(47)31-29-20-21-38(49-29)32(31)35(45)42(24(3)23-43)34(38)36(41)46/h7-10,12-14,16-21,24-25,29,31-34,43H,5-6,11,15,22-23H2,1-4H3,(H,39,44)/b12-8-/t24-,25-,29+,31-,32-,33+,34+,38-/m1/s1. The number of anilines is 2. The number of nitrogens with one attached hydrogen (secondary N) is 1. The van der Waals surface area contributed by atoms with E-state index in [9.17, 15) is 24.3 Å². The summed E-state index contributed by atoms with van der Waals surface area (Å²) in [4.78, 5) is 61.9. The van der Waals surface area contributed by atoms with Crippen LogP contribution in [0.2, 0.25) is 0 Å². The average Bonchev–Trinajstić information content (AvgIpc) is 3.76. The van der Waals surface area contributed by atoms with Gasteiger partial charge in [0.25, 0.3) is 5.91 Å². The lowest BCUT2D eigenvalue weighted by molar-refractivity contribution is -0.161. The van der Waals surface area contributed by atoms with Crippen LogP contribution in [0.4, 0.5) is 11.4 Å². The molecule has 260 valence electrons. The first-order chi connectivity index (χ1) is 23.6. The Bertz CT molecular complexity index is 1610. The van der Waals surface area contributed by atoms with Crippen LogP contribution in [0.5, 0.6) is 0 Å². The molecule has 6 rings (SSSR count). The van der Waals surface area contributed by atoms with Crippen molar-refractivity contribution in [3.63, 3.8) is 0 Å². The molecule has 2 aromatic rings. The number of fused-ring (bicyclic) bond motifs is 2. The zero-order valence-electron chi connectivity index (χ0n) is 28.5. The number of aliphatic hydroxyl groups is 1. The van der Waals surface area contributed by atoms with E-state index in [2.05, 4.69) is 24.1 Å². The summed E-state index contributed by atoms with van der Waals surface area (Å²) in [5.41, 5.74) is 0.894. The van der Waals surface area contributed by atoms with Crippen LogP contribution in [-0.2, 0) is 28.7 Å². The Balaban J connectivity index is 1.43. The number of amides is 3. The maximum Gasteiger partial charge on any atom is 0.313 e. The summed E-state index contributed by atoms with van der Waals surface area (Å²) in [6.45, 7) is 9.08. The van der Waals surface area contributed by atoms with Gasteiger partial charge in [0.05, 0.1) is 30.7 Å². The Morgan fingerprint density at radius 1 is 1.00 bits per heavy atom. The highest BCUT2D eigenvalue weighted by Crippen LogP contribution is 2.56. The van der Waals surface area contributed by atoms with E-state index < -0.39 is 65.6 Å². The minimum atomic E-state index is -1.44. The number of hydrogen-bond donors (Lipinski definition) is 2. The maximum atomic E-state index is 15.0. The maximum absolute atomic E-state index is 15.0. The number of ether oxygens (including phenoxy) is 2. The van der Waals surface area contributed by atoms with Crippen molar-refractivity contribution in [2.75, 3.05) is 36.0 Å². The van der Waals surface area contributed by atoms with Crippen molar-refractivity contribution < 1.29 is 33.8 Å². The summed E-state index contributed by atoms with van der Waals surface area (Å²) in [6, 6.07) is 14.4. The number of rotatable bonds is 7. The zero-order valence-corrected chi connectivity index (χ0v) is 28.5. The van der Waals surface area contributed by atoms with Crippen LogP contribution in [0.1, 0.15) is 52.2 Å². The van der Waals surface area contributed by atoms with Crippen molar-refractivity contribution in [3.8, 4) is 0 Å². The summed E-state index contributed by atoms with van der Waals surface area (Å²) in [7, 11) is 0. The van der Waals surface area contributed by atoms with Gasteiger partial charge < -0.3 is 34.6 Å². The van der Waals surface area contributed by atoms with Crippen molar-refractivity contribution in [1.29, 1.82) is 0 Å². The molecule has 0 radical (unpaired) electrons. The molecule has 3 amide bonds. The number of benzene rings is 2. The molecule has 0 saturated carbocycles. The summed E-state index contributed by atoms with van der Waals surface area (Å²) < 4.78 is 12.7. The topological polar surface area (TPSA) is 129 Å². The van der Waals surface area contributed by atoms with Crippen molar-refractivity contribution in [3.05, 3.63) is 84.5 Å². The van der Waals surface area contributed by atoms with Crippen LogP contribution in [-0.4, -0.2) is 89.8 Å². The van der Waals surface area contributed by atoms with E-state index in [0.29, 0.717) is 17.7 Å². The van der Waals surface area contributed by atoms with Crippen molar-refractivity contribution in [2.45, 2.75) is 76.5 Å². The number of likely N-dealkylation sites (tertiary alicyclic amines) is 1. The summed E-state index contributed by atoms with van der Waals surface area (Å²) in [5, 5.41) is 13.3. The van der Waals surface area contributed by atoms with Gasteiger partial charge in [-0.15, -0.1) is 0 Å². The van der Waals surface area contributed by atoms with Gasteiger partial charge in [0.15, 0.2) is 0 Å². The predicted octanol–water partition coefficient (Wildman–Crippen LogP) is 3.54. The third-order valence-electron chi connectivity index (χ3n) is 10.3. The van der Waals surface area contributed by atoms with Gasteiger partial charge in [0.2, 0.25) is 11.8 Å². The highest BCUT2D eigenvalue weighted by atomic mass is 16.6. The average molecular weight is 671 g/mol. The van der Waals surface area contributed by atoms with E-state index in [-0.39, 0.29) is 25.5 Å². The van der Waals surface area contributed by atoms with Crippen LogP contribution in [0, 0.1) is 11.8 Å². The molecule has 2 aromatic carbocycles. The van der Waals surface area contributed by atoms with Crippen molar-refractivity contribution in [1.82, 2.24) is 10.2 Å². The Hall–Kier alpha value is -4.48. The van der Waals surface area contributed by atoms with Gasteiger partial charge >= 0.3 is 5.97 Å². The lowest BCUT2D eigenvalue weighted by Crippen LogP contribution is -2.58. The largest absolute Gasteiger partial charge is 0.455 e. The molecule has 0 aromatic heterocycles. The Kier molecular flexibility index (Phi) is 9.94. The van der Waals surface area contributed by atoms with Gasteiger partial charge in [0.1, 0.15) is 23.7 Å². The lowest BCUT2D eigenvalue weighted by Gasteiger charge is -2.38. The molecule has 1 spiro atoms. The van der Waals surface area contributed by atoms with E-state index in [0.717, 1.165) is 18.8 Å². The Labute approximate surface area is 287 Å². The third-order valence-corrected chi connectivity index (χ3v) is 10.3. The quantitative estimate of drug-likeness (QED) is 0.338. The van der Waals surface area contributed by atoms with Gasteiger partial charge in [-0.05, 0) is 63.9 Å². The van der Waals surface area contributed by atoms with Gasteiger partial charge in [-0.3, -0.25) is 19.2 Å². The fourth-order valence-electron chi connectivity index (χ4n) is 7.84. The highest BCUT2D eigenvalue weighted by Gasteiger charge is 2.74. The van der Waals surface area contributed by atoms with E-state index in [4.69, 9.17) is 9.47 Å². The summed E-state index contributed by atoms with van der Waals surface area (Å²) in [6.07, 6.45) is 6.21. The van der Waals surface area contributed by atoms with Crippen molar-refractivity contribution >= 4 is 35.1 Å². The summed E-state index contributed by atoms with van der Waals surface area (Å²) >= 11 is 0. The Morgan fingerprint density at radius 3 is 2.39 bits per heavy atom. The predicted molar refractivity (Wildman–Crippen MR) is 185 cm³/mol. The van der Waals surface area contributed by atoms with Gasteiger partial charge in [-0.1, -0.05) is 54.6 Å². The summed E-state index contributed by atoms with van der Waals surface area (Å²) in [5.74, 6) is -3.77. The van der Waals surface area contributed by atoms with Crippen LogP contribution in [0.3, 0.4) is 0 Å². The fraction of sp³-hybridized carbons (Fsp3) is 0.474. The highest BCUT2D eigenvalue weighted by molar-refractivity contribution is 6.05. The molecule has 2 saturated heterocycles. The van der Waals surface area contributed by atoms with E-state index in [1.165, 1.54) is 4.90 Å². The minimum absolute atomic E-state index is 0.170. The molecule has 49 heavy (non-hydrogen) atoms. The van der Waals surface area contributed by atoms with Crippen LogP contribution >= 0.6 is 0 Å². The van der Waals surface area contributed by atoms with Crippen LogP contribution < -0.4 is 15.1 Å². The number of aliphatic hydroxyl groups excluding tert-OH is 1. The van der Waals surface area contributed by atoms with Crippen LogP contribution in [0.25, 0.3) is 0 Å². The smallest absolute Gasteiger partial charge is 0.313 e. The number of esters is 1. The molecule has 11 nitrogen and oxygen atoms in total. The number of carbonyl (C=O) groups excluding carboxylic acids is 4. The molecule has 4 aliphatic heterocycles. The monoisotopic (exact) mass is 670 g/mol. The number of hydrogen-bond acceptors (Lipinski definition) is 8. The molecular formula is C38H46N4O7. The molecule has 8 atom stereocenters. The number of allylic oxidation sites excluding steroid dienone is 1. The minimum Gasteiger partial charge on any atom is -0.455 e. The molecule has 5 bridgehead atoms. The molecule has 4 heterocycles. The molecule has 0 aliphatic carbocycles. The molecule has 11 heteroatoms. The van der Waals surface area contributed by atoms with E-state index in [1.807, 2.05) is 66.7 Å². The SMILES string of the molecule is CCN(CC)c1ccc(N2C/C=C\CCC(=O)N[C@H](C)[C@@H](c3ccccc3)OC(=O)[C@@H]3[C@@H]4C=C[C@]5(O4)[C@H](C2=O)N([C@H](C)CO)C(=O)[C@@H]35)cc1. The van der Waals surface area contributed by atoms with Gasteiger partial charge in [0, 0.05) is 37.4 Å². The van der Waals surface area contributed by atoms with E-state index in [1.54, 1.807) is 30.9 Å². The normalized spacial score (nSPS) is 31.4. The third kappa shape index (κ3) is 6.14. The van der Waals surface area contributed by atoms with E-state index >= 15 is 0 Å². The Morgan fingerprint density at radius 2 is 1.71 bits per heavy atom. The van der Waals surface area contributed by atoms with Crippen LogP contribution in [0.15, 0.2) is 78.9 Å². The first kappa shape index (κ1) is 34.4. The number of carbonyl (C=O) groups is 4.